The molecule has 3 heterocycles. The lowest BCUT2D eigenvalue weighted by Gasteiger charge is -2.31. The molecular weight excluding hydrogens is 284 g/mol. The van der Waals surface area contributed by atoms with Crippen molar-refractivity contribution in [1.29, 1.82) is 0 Å². The zero-order valence-corrected chi connectivity index (χ0v) is 12.6. The highest BCUT2D eigenvalue weighted by Crippen LogP contribution is 2.26. The Labute approximate surface area is 128 Å². The van der Waals surface area contributed by atoms with E-state index in [2.05, 4.69) is 31.8 Å². The highest BCUT2D eigenvalue weighted by Gasteiger charge is 2.19. The fourth-order valence-electron chi connectivity index (χ4n) is 3.20. The monoisotopic (exact) mass is 300 g/mol. The van der Waals surface area contributed by atoms with E-state index < -0.39 is 0 Å². The number of rotatable bonds is 2. The van der Waals surface area contributed by atoms with Gasteiger partial charge in [-0.05, 0) is 25.3 Å². The van der Waals surface area contributed by atoms with Crippen LogP contribution in [0.25, 0.3) is 21.9 Å². The van der Waals surface area contributed by atoms with Crippen molar-refractivity contribution in [1.82, 2.24) is 14.6 Å². The first-order valence-corrected chi connectivity index (χ1v) is 7.98. The van der Waals surface area contributed by atoms with Crippen molar-refractivity contribution in [2.75, 3.05) is 18.1 Å². The summed E-state index contributed by atoms with van der Waals surface area (Å²) in [4.78, 5) is 9.19. The summed E-state index contributed by atoms with van der Waals surface area (Å²) in [5.74, 6) is 1.33. The highest BCUT2D eigenvalue weighted by atomic mass is 35.5. The molecule has 1 fully saturated rings. The van der Waals surface area contributed by atoms with Crippen molar-refractivity contribution in [2.45, 2.75) is 25.1 Å². The zero-order chi connectivity index (χ0) is 14.2. The Morgan fingerprint density at radius 1 is 1.05 bits per heavy atom. The Bertz CT molecular complexity index is 789. The Balaban J connectivity index is 2.03. The van der Waals surface area contributed by atoms with Crippen molar-refractivity contribution in [3.05, 3.63) is 36.3 Å². The molecule has 0 radical (unpaired) electrons. The average Bonchev–Trinajstić information content (AvgIpc) is 2.94. The first-order chi connectivity index (χ1) is 10.4. The molecule has 4 nitrogen and oxygen atoms in total. The molecule has 1 aromatic carbocycles. The predicted molar refractivity (Wildman–Crippen MR) is 86.4 cm³/mol. The predicted octanol–water partition coefficient (Wildman–Crippen LogP) is 3.45. The molecule has 4 rings (SSSR count). The van der Waals surface area contributed by atoms with Crippen molar-refractivity contribution in [3.8, 4) is 0 Å². The van der Waals surface area contributed by atoms with E-state index in [1.165, 1.54) is 19.3 Å². The molecule has 0 amide bonds. The van der Waals surface area contributed by atoms with Crippen molar-refractivity contribution < 1.29 is 0 Å². The molecule has 2 aromatic heterocycles. The fraction of sp³-hybridized carbons (Fsp3) is 0.375. The van der Waals surface area contributed by atoms with E-state index in [0.717, 1.165) is 40.9 Å². The van der Waals surface area contributed by atoms with Gasteiger partial charge in [0.25, 0.3) is 0 Å². The Kier molecular flexibility index (Phi) is 3.19. The van der Waals surface area contributed by atoms with Gasteiger partial charge >= 0.3 is 0 Å². The number of halogens is 1. The minimum absolute atomic E-state index is 0.416. The summed E-state index contributed by atoms with van der Waals surface area (Å²) in [6, 6.07) is 8.23. The van der Waals surface area contributed by atoms with Crippen molar-refractivity contribution in [2.24, 2.45) is 0 Å². The van der Waals surface area contributed by atoms with Gasteiger partial charge in [0.15, 0.2) is 0 Å². The van der Waals surface area contributed by atoms with Crippen LogP contribution in [-0.4, -0.2) is 27.7 Å². The number of hydrogen-bond acceptors (Lipinski definition) is 3. The molecule has 0 bridgehead atoms. The van der Waals surface area contributed by atoms with E-state index in [-0.39, 0.29) is 0 Å². The molecule has 0 aliphatic carbocycles. The molecule has 0 saturated carbocycles. The van der Waals surface area contributed by atoms with Crippen LogP contribution >= 0.6 is 11.6 Å². The van der Waals surface area contributed by atoms with Crippen LogP contribution in [0.3, 0.4) is 0 Å². The van der Waals surface area contributed by atoms with Gasteiger partial charge in [-0.3, -0.25) is 4.98 Å². The number of imidazole rings is 1. The number of pyridine rings is 1. The number of nitrogens with zero attached hydrogens (tertiary/aromatic N) is 4. The van der Waals surface area contributed by atoms with E-state index >= 15 is 0 Å². The third kappa shape index (κ3) is 2.05. The summed E-state index contributed by atoms with van der Waals surface area (Å²) in [6.45, 7) is 2.12. The molecular formula is C16H17ClN4. The highest BCUT2D eigenvalue weighted by molar-refractivity contribution is 6.17. The third-order valence-corrected chi connectivity index (χ3v) is 4.41. The number of benzene rings is 1. The number of hydrogen-bond donors (Lipinski definition) is 0. The van der Waals surface area contributed by atoms with E-state index in [9.17, 15) is 0 Å². The second-order valence-electron chi connectivity index (χ2n) is 5.50. The van der Waals surface area contributed by atoms with Gasteiger partial charge in [-0.2, -0.15) is 0 Å². The second-order valence-corrected chi connectivity index (χ2v) is 5.76. The smallest absolute Gasteiger partial charge is 0.143 e. The van der Waals surface area contributed by atoms with Crippen LogP contribution in [-0.2, 0) is 5.88 Å². The van der Waals surface area contributed by atoms with Gasteiger partial charge in [0.1, 0.15) is 16.9 Å². The van der Waals surface area contributed by atoms with Gasteiger partial charge in [0.05, 0.1) is 17.6 Å². The molecule has 0 unspecified atom stereocenters. The number of fused-ring (bicyclic) bond motifs is 3. The Morgan fingerprint density at radius 2 is 1.86 bits per heavy atom. The second kappa shape index (κ2) is 5.19. The first-order valence-electron chi connectivity index (χ1n) is 7.45. The molecule has 3 aromatic rings. The SMILES string of the molecule is ClCc1nc2cnc3ccccc3c2n1N1CCCCC1. The van der Waals surface area contributed by atoms with Gasteiger partial charge in [0, 0.05) is 18.5 Å². The molecule has 0 N–H and O–H groups in total. The molecule has 1 saturated heterocycles. The summed E-state index contributed by atoms with van der Waals surface area (Å²) in [5, 5.41) is 3.52. The third-order valence-electron chi connectivity index (χ3n) is 4.17. The van der Waals surface area contributed by atoms with Crippen LogP contribution in [0.4, 0.5) is 0 Å². The van der Waals surface area contributed by atoms with Crippen LogP contribution < -0.4 is 5.01 Å². The lowest BCUT2D eigenvalue weighted by molar-refractivity contribution is 0.479. The van der Waals surface area contributed by atoms with Crippen LogP contribution in [0.5, 0.6) is 0 Å². The Morgan fingerprint density at radius 3 is 2.67 bits per heavy atom. The minimum Gasteiger partial charge on any atom is -0.311 e. The number of piperidine rings is 1. The molecule has 1 aliphatic rings. The van der Waals surface area contributed by atoms with E-state index in [1.54, 1.807) is 0 Å². The number of alkyl halides is 1. The maximum absolute atomic E-state index is 6.14. The molecule has 1 aliphatic heterocycles. The first kappa shape index (κ1) is 12.9. The molecule has 108 valence electrons. The van der Waals surface area contributed by atoms with E-state index in [4.69, 9.17) is 11.6 Å². The lowest BCUT2D eigenvalue weighted by atomic mass is 10.1. The van der Waals surface area contributed by atoms with Crippen molar-refractivity contribution >= 4 is 33.5 Å². The normalized spacial score (nSPS) is 16.0. The van der Waals surface area contributed by atoms with Crippen molar-refractivity contribution in [3.63, 3.8) is 0 Å². The van der Waals surface area contributed by atoms with E-state index in [1.807, 2.05) is 18.3 Å². The standard InChI is InChI=1S/C16H17ClN4/c17-10-15-19-14-11-18-13-7-3-2-6-12(13)16(14)21(15)20-8-4-1-5-9-20/h2-3,6-7,11H,1,4-5,8-10H2. The van der Waals surface area contributed by atoms with Gasteiger partial charge in [-0.25, -0.2) is 9.66 Å². The summed E-state index contributed by atoms with van der Waals surface area (Å²) < 4.78 is 2.23. The molecule has 5 heteroatoms. The largest absolute Gasteiger partial charge is 0.311 e. The molecule has 0 spiro atoms. The lowest BCUT2D eigenvalue weighted by Crippen LogP contribution is -2.40. The average molecular weight is 301 g/mol. The van der Waals surface area contributed by atoms with Crippen LogP contribution in [0, 0.1) is 0 Å². The fourth-order valence-corrected chi connectivity index (χ4v) is 3.38. The summed E-state index contributed by atoms with van der Waals surface area (Å²) in [5.41, 5.74) is 3.07. The van der Waals surface area contributed by atoms with Crippen LogP contribution in [0.1, 0.15) is 25.1 Å². The van der Waals surface area contributed by atoms with Gasteiger partial charge in [-0.1, -0.05) is 18.2 Å². The summed E-state index contributed by atoms with van der Waals surface area (Å²) >= 11 is 6.14. The van der Waals surface area contributed by atoms with Gasteiger partial charge < -0.3 is 5.01 Å². The maximum Gasteiger partial charge on any atom is 0.143 e. The van der Waals surface area contributed by atoms with Crippen LogP contribution in [0.2, 0.25) is 0 Å². The minimum atomic E-state index is 0.416. The Hall–Kier alpha value is -1.81. The van der Waals surface area contributed by atoms with Gasteiger partial charge in [0.2, 0.25) is 0 Å². The van der Waals surface area contributed by atoms with Gasteiger partial charge in [-0.15, -0.1) is 11.6 Å². The number of aromatic nitrogens is 3. The number of para-hydroxylation sites is 1. The quantitative estimate of drug-likeness (QED) is 0.680. The molecule has 21 heavy (non-hydrogen) atoms. The van der Waals surface area contributed by atoms with Crippen LogP contribution in [0.15, 0.2) is 30.5 Å². The summed E-state index contributed by atoms with van der Waals surface area (Å²) in [6.07, 6.45) is 5.62. The maximum atomic E-state index is 6.14. The van der Waals surface area contributed by atoms with E-state index in [0.29, 0.717) is 5.88 Å². The summed E-state index contributed by atoms with van der Waals surface area (Å²) in [7, 11) is 0. The topological polar surface area (TPSA) is 34.0 Å². The molecule has 0 atom stereocenters. The zero-order valence-electron chi connectivity index (χ0n) is 11.8.